The van der Waals surface area contributed by atoms with E-state index >= 15 is 0 Å². The lowest BCUT2D eigenvalue weighted by atomic mass is 9.76. The van der Waals surface area contributed by atoms with Crippen molar-refractivity contribution in [1.82, 2.24) is 0 Å². The van der Waals surface area contributed by atoms with Crippen LogP contribution in [0.2, 0.25) is 0 Å². The summed E-state index contributed by atoms with van der Waals surface area (Å²) in [6, 6.07) is 0. The maximum atomic E-state index is 10.7. The summed E-state index contributed by atoms with van der Waals surface area (Å²) in [6.45, 7) is 6.89. The van der Waals surface area contributed by atoms with Gasteiger partial charge in [0.15, 0.2) is 0 Å². The van der Waals surface area contributed by atoms with Crippen molar-refractivity contribution in [2.45, 2.75) is 33.6 Å². The fourth-order valence-electron chi connectivity index (χ4n) is 3.51. The van der Waals surface area contributed by atoms with Gasteiger partial charge in [-0.2, -0.15) is 0 Å². The van der Waals surface area contributed by atoms with E-state index in [0.717, 1.165) is 23.7 Å². The first-order valence-electron chi connectivity index (χ1n) is 5.73. The van der Waals surface area contributed by atoms with Crippen LogP contribution in [0.25, 0.3) is 0 Å². The highest BCUT2D eigenvalue weighted by atomic mass is 16.5. The minimum atomic E-state index is -0.131. The van der Waals surface area contributed by atoms with Gasteiger partial charge in [0.25, 0.3) is 0 Å². The van der Waals surface area contributed by atoms with E-state index in [-0.39, 0.29) is 5.97 Å². The fourth-order valence-corrected chi connectivity index (χ4v) is 3.51. The molecule has 0 saturated heterocycles. The standard InChI is InChI=1S/C12H20O2/c1-7-8(2)12-5-10(7)4-11(12)6-14-9(3)13/h7-8,10-12H,4-6H2,1-3H3/t7?,8?,10-,11?,12+/m0/s1. The topological polar surface area (TPSA) is 26.3 Å². The fraction of sp³-hybridized carbons (Fsp3) is 0.917. The van der Waals surface area contributed by atoms with Crippen molar-refractivity contribution in [3.05, 3.63) is 0 Å². The molecule has 0 N–H and O–H groups in total. The van der Waals surface area contributed by atoms with Crippen molar-refractivity contribution in [3.63, 3.8) is 0 Å². The number of hydrogen-bond acceptors (Lipinski definition) is 2. The van der Waals surface area contributed by atoms with Gasteiger partial charge in [-0.25, -0.2) is 0 Å². The second-order valence-electron chi connectivity index (χ2n) is 5.18. The zero-order valence-electron chi connectivity index (χ0n) is 9.32. The average molecular weight is 196 g/mol. The van der Waals surface area contributed by atoms with Gasteiger partial charge in [-0.15, -0.1) is 0 Å². The summed E-state index contributed by atoms with van der Waals surface area (Å²) in [6.07, 6.45) is 2.65. The Bertz CT molecular complexity index is 234. The van der Waals surface area contributed by atoms with Gasteiger partial charge in [0, 0.05) is 6.92 Å². The van der Waals surface area contributed by atoms with Gasteiger partial charge < -0.3 is 4.74 Å². The van der Waals surface area contributed by atoms with Crippen molar-refractivity contribution in [1.29, 1.82) is 0 Å². The van der Waals surface area contributed by atoms with E-state index in [9.17, 15) is 4.79 Å². The van der Waals surface area contributed by atoms with Gasteiger partial charge in [-0.3, -0.25) is 4.79 Å². The zero-order valence-corrected chi connectivity index (χ0v) is 9.32. The lowest BCUT2D eigenvalue weighted by Crippen LogP contribution is -2.27. The van der Waals surface area contributed by atoms with E-state index < -0.39 is 0 Å². The Morgan fingerprint density at radius 1 is 1.29 bits per heavy atom. The normalized spacial score (nSPS) is 45.5. The number of rotatable bonds is 2. The van der Waals surface area contributed by atoms with Gasteiger partial charge in [0.1, 0.15) is 0 Å². The number of carbonyl (C=O) groups is 1. The summed E-state index contributed by atoms with van der Waals surface area (Å²) in [4.78, 5) is 10.7. The van der Waals surface area contributed by atoms with Crippen molar-refractivity contribution in [2.75, 3.05) is 6.61 Å². The molecule has 0 aromatic heterocycles. The van der Waals surface area contributed by atoms with E-state index in [2.05, 4.69) is 13.8 Å². The highest BCUT2D eigenvalue weighted by Gasteiger charge is 2.48. The SMILES string of the molecule is CC(=O)OCC1C[C@H]2C[C@@H]1C(C)C2C. The predicted octanol–water partition coefficient (Wildman–Crippen LogP) is 2.48. The van der Waals surface area contributed by atoms with Gasteiger partial charge in [0.2, 0.25) is 0 Å². The van der Waals surface area contributed by atoms with Gasteiger partial charge in [-0.1, -0.05) is 13.8 Å². The van der Waals surface area contributed by atoms with Crippen LogP contribution in [-0.4, -0.2) is 12.6 Å². The number of hydrogen-bond donors (Lipinski definition) is 0. The van der Waals surface area contributed by atoms with Gasteiger partial charge in [-0.05, 0) is 42.4 Å². The third-order valence-corrected chi connectivity index (χ3v) is 4.53. The number of esters is 1. The van der Waals surface area contributed by atoms with Crippen molar-refractivity contribution < 1.29 is 9.53 Å². The molecular formula is C12H20O2. The maximum absolute atomic E-state index is 10.7. The molecule has 2 rings (SSSR count). The molecule has 0 spiro atoms. The van der Waals surface area contributed by atoms with E-state index in [1.165, 1.54) is 19.8 Å². The molecule has 5 atom stereocenters. The number of carbonyl (C=O) groups excluding carboxylic acids is 1. The summed E-state index contributed by atoms with van der Waals surface area (Å²) < 4.78 is 5.12. The smallest absolute Gasteiger partial charge is 0.302 e. The Labute approximate surface area is 86.0 Å². The average Bonchev–Trinajstić information content (AvgIpc) is 2.64. The highest BCUT2D eigenvalue weighted by Crippen LogP contribution is 2.54. The van der Waals surface area contributed by atoms with Crippen LogP contribution < -0.4 is 0 Å². The molecule has 0 radical (unpaired) electrons. The Balaban J connectivity index is 1.90. The Hall–Kier alpha value is -0.530. The summed E-state index contributed by atoms with van der Waals surface area (Å²) in [7, 11) is 0. The molecule has 0 aliphatic heterocycles. The number of ether oxygens (including phenoxy) is 1. The molecule has 2 aliphatic carbocycles. The lowest BCUT2D eigenvalue weighted by molar-refractivity contribution is -0.143. The molecule has 3 unspecified atom stereocenters. The van der Waals surface area contributed by atoms with E-state index in [1.807, 2.05) is 0 Å². The van der Waals surface area contributed by atoms with Crippen LogP contribution in [0.1, 0.15) is 33.6 Å². The molecule has 80 valence electrons. The largest absolute Gasteiger partial charge is 0.466 e. The second-order valence-corrected chi connectivity index (χ2v) is 5.18. The highest BCUT2D eigenvalue weighted by molar-refractivity contribution is 5.65. The molecule has 2 heteroatoms. The van der Waals surface area contributed by atoms with Crippen LogP contribution in [0.3, 0.4) is 0 Å². The summed E-state index contributed by atoms with van der Waals surface area (Å²) in [5.74, 6) is 3.94. The third-order valence-electron chi connectivity index (χ3n) is 4.53. The summed E-state index contributed by atoms with van der Waals surface area (Å²) in [5.41, 5.74) is 0. The van der Waals surface area contributed by atoms with Crippen molar-refractivity contribution >= 4 is 5.97 Å². The van der Waals surface area contributed by atoms with Crippen molar-refractivity contribution in [2.24, 2.45) is 29.6 Å². The van der Waals surface area contributed by atoms with Crippen LogP contribution >= 0.6 is 0 Å². The molecule has 2 bridgehead atoms. The Morgan fingerprint density at radius 2 is 2.00 bits per heavy atom. The number of fused-ring (bicyclic) bond motifs is 2. The van der Waals surface area contributed by atoms with Crippen LogP contribution in [0.15, 0.2) is 0 Å². The molecule has 2 nitrogen and oxygen atoms in total. The van der Waals surface area contributed by atoms with Crippen LogP contribution in [0.5, 0.6) is 0 Å². The van der Waals surface area contributed by atoms with Crippen LogP contribution in [0, 0.1) is 29.6 Å². The molecule has 2 saturated carbocycles. The predicted molar refractivity (Wildman–Crippen MR) is 54.7 cm³/mol. The lowest BCUT2D eigenvalue weighted by Gasteiger charge is -2.31. The Kier molecular flexibility index (Phi) is 2.54. The molecule has 2 fully saturated rings. The van der Waals surface area contributed by atoms with Gasteiger partial charge >= 0.3 is 5.97 Å². The molecule has 0 heterocycles. The minimum Gasteiger partial charge on any atom is -0.466 e. The molecule has 0 amide bonds. The molecular weight excluding hydrogens is 176 g/mol. The van der Waals surface area contributed by atoms with Gasteiger partial charge in [0.05, 0.1) is 6.61 Å². The van der Waals surface area contributed by atoms with Crippen molar-refractivity contribution in [3.8, 4) is 0 Å². The quantitative estimate of drug-likeness (QED) is 0.634. The molecule has 0 aromatic carbocycles. The first kappa shape index (κ1) is 10.0. The monoisotopic (exact) mass is 196 g/mol. The molecule has 14 heavy (non-hydrogen) atoms. The first-order chi connectivity index (χ1) is 6.59. The molecule has 0 aromatic rings. The zero-order chi connectivity index (χ0) is 10.3. The minimum absolute atomic E-state index is 0.131. The second kappa shape index (κ2) is 3.56. The van der Waals surface area contributed by atoms with Crippen LogP contribution in [0.4, 0.5) is 0 Å². The first-order valence-corrected chi connectivity index (χ1v) is 5.73. The summed E-state index contributed by atoms with van der Waals surface area (Å²) in [5, 5.41) is 0. The maximum Gasteiger partial charge on any atom is 0.302 e. The third kappa shape index (κ3) is 1.55. The van der Waals surface area contributed by atoms with Crippen LogP contribution in [-0.2, 0) is 9.53 Å². The molecule has 2 aliphatic rings. The Morgan fingerprint density at radius 3 is 2.50 bits per heavy atom. The van der Waals surface area contributed by atoms with E-state index in [0.29, 0.717) is 12.5 Å². The van der Waals surface area contributed by atoms with E-state index in [1.54, 1.807) is 0 Å². The van der Waals surface area contributed by atoms with E-state index in [4.69, 9.17) is 4.74 Å². The summed E-state index contributed by atoms with van der Waals surface area (Å²) >= 11 is 0.